The lowest BCUT2D eigenvalue weighted by Crippen LogP contribution is -2.61. The van der Waals surface area contributed by atoms with E-state index in [9.17, 15) is 4.79 Å². The van der Waals surface area contributed by atoms with E-state index in [1.165, 1.54) is 11.3 Å². The van der Waals surface area contributed by atoms with Gasteiger partial charge in [0.1, 0.15) is 15.6 Å². The quantitative estimate of drug-likeness (QED) is 0.840. The normalized spacial score (nSPS) is 31.7. The van der Waals surface area contributed by atoms with Crippen molar-refractivity contribution in [3.63, 3.8) is 0 Å². The molecule has 24 heavy (non-hydrogen) atoms. The van der Waals surface area contributed by atoms with E-state index in [-0.39, 0.29) is 11.7 Å². The minimum Gasteiger partial charge on any atom is -0.439 e. The number of rotatable bonds is 2. The lowest BCUT2D eigenvalue weighted by atomic mass is 9.75. The van der Waals surface area contributed by atoms with E-state index in [1.54, 1.807) is 23.5 Å². The van der Waals surface area contributed by atoms with Crippen LogP contribution < -0.4 is 4.90 Å². The van der Waals surface area contributed by atoms with Crippen LogP contribution in [0.2, 0.25) is 0 Å². The summed E-state index contributed by atoms with van der Waals surface area (Å²) in [6.07, 6.45) is 7.32. The molecule has 0 saturated carbocycles. The Kier molecular flexibility index (Phi) is 3.14. The second-order valence-electron chi connectivity index (χ2n) is 6.81. The number of anilines is 1. The van der Waals surface area contributed by atoms with Gasteiger partial charge in [0.25, 0.3) is 0 Å². The van der Waals surface area contributed by atoms with Crippen LogP contribution in [0.25, 0.3) is 10.6 Å². The average molecular weight is 342 g/mol. The van der Waals surface area contributed by atoms with Gasteiger partial charge in [0.15, 0.2) is 0 Å². The van der Waals surface area contributed by atoms with Gasteiger partial charge >= 0.3 is 6.09 Å². The molecule has 6 nitrogen and oxygen atoms in total. The Morgan fingerprint density at radius 2 is 2.00 bits per heavy atom. The van der Waals surface area contributed by atoms with Gasteiger partial charge in [-0.15, -0.1) is 0 Å². The summed E-state index contributed by atoms with van der Waals surface area (Å²) in [5.74, 6) is 0.490. The minimum absolute atomic E-state index is 0.228. The molecule has 2 bridgehead atoms. The number of carbonyl (C=O) groups is 1. The van der Waals surface area contributed by atoms with E-state index < -0.39 is 0 Å². The first kappa shape index (κ1) is 14.4. The van der Waals surface area contributed by atoms with Gasteiger partial charge in [-0.2, -0.15) is 0 Å². The molecule has 4 aliphatic heterocycles. The van der Waals surface area contributed by atoms with Crippen LogP contribution in [-0.4, -0.2) is 52.7 Å². The van der Waals surface area contributed by atoms with E-state index in [1.807, 2.05) is 12.1 Å². The Bertz CT molecular complexity index is 772. The molecule has 0 radical (unpaired) electrons. The zero-order valence-electron chi connectivity index (χ0n) is 13.2. The Balaban J connectivity index is 1.42. The van der Waals surface area contributed by atoms with Gasteiger partial charge in [-0.3, -0.25) is 14.8 Å². The van der Waals surface area contributed by atoms with Crippen molar-refractivity contribution in [3.05, 3.63) is 30.7 Å². The zero-order chi connectivity index (χ0) is 16.1. The van der Waals surface area contributed by atoms with Crippen molar-refractivity contribution >= 4 is 22.4 Å². The number of amides is 1. The molecule has 0 N–H and O–H groups in total. The van der Waals surface area contributed by atoms with Gasteiger partial charge in [0.2, 0.25) is 0 Å². The van der Waals surface area contributed by atoms with Gasteiger partial charge in [-0.05, 0) is 38.1 Å². The number of piperidine rings is 3. The number of carbonyl (C=O) groups excluding carboxylic acids is 1. The molecule has 2 aromatic heterocycles. The number of thiazole rings is 1. The van der Waals surface area contributed by atoms with E-state index >= 15 is 0 Å². The van der Waals surface area contributed by atoms with Crippen LogP contribution in [0.3, 0.4) is 0 Å². The van der Waals surface area contributed by atoms with Crippen LogP contribution in [0.1, 0.15) is 12.8 Å². The van der Waals surface area contributed by atoms with Crippen molar-refractivity contribution in [2.24, 2.45) is 5.92 Å². The van der Waals surface area contributed by atoms with Crippen LogP contribution in [0.15, 0.2) is 30.7 Å². The molecule has 0 aromatic carbocycles. The van der Waals surface area contributed by atoms with Crippen molar-refractivity contribution in [3.8, 4) is 10.6 Å². The zero-order valence-corrected chi connectivity index (χ0v) is 14.0. The van der Waals surface area contributed by atoms with Gasteiger partial charge < -0.3 is 4.74 Å². The maximum Gasteiger partial charge on any atom is 0.415 e. The first-order valence-electron chi connectivity index (χ1n) is 8.33. The lowest BCUT2D eigenvalue weighted by Gasteiger charge is -2.49. The third-order valence-corrected chi connectivity index (χ3v) is 6.52. The molecule has 6 rings (SSSR count). The number of aromatic nitrogens is 2. The number of hydrogen-bond acceptors (Lipinski definition) is 6. The SMILES string of the molecule is O=C1O[C@]2(CN3CCC2CC3)CN1c1cnc(-c2ccncc2)s1. The monoisotopic (exact) mass is 342 g/mol. The molecule has 2 aromatic rings. The molecule has 0 aliphatic carbocycles. The summed E-state index contributed by atoms with van der Waals surface area (Å²) in [5.41, 5.74) is 0.695. The second kappa shape index (κ2) is 5.26. The summed E-state index contributed by atoms with van der Waals surface area (Å²) in [5, 5.41) is 1.76. The molecule has 4 fully saturated rings. The first-order valence-corrected chi connectivity index (χ1v) is 9.14. The maximum atomic E-state index is 12.5. The van der Waals surface area contributed by atoms with Crippen molar-refractivity contribution in [1.29, 1.82) is 0 Å². The maximum absolute atomic E-state index is 12.5. The smallest absolute Gasteiger partial charge is 0.415 e. The number of ether oxygens (including phenoxy) is 1. The van der Waals surface area contributed by atoms with E-state index in [0.29, 0.717) is 12.5 Å². The molecule has 124 valence electrons. The van der Waals surface area contributed by atoms with Crippen LogP contribution in [0.5, 0.6) is 0 Å². The van der Waals surface area contributed by atoms with Crippen LogP contribution in [0, 0.1) is 5.92 Å². The van der Waals surface area contributed by atoms with Crippen LogP contribution >= 0.6 is 11.3 Å². The molecule has 4 saturated heterocycles. The highest BCUT2D eigenvalue weighted by Crippen LogP contribution is 2.44. The van der Waals surface area contributed by atoms with Gasteiger partial charge in [0.05, 0.1) is 12.7 Å². The number of fused-ring (bicyclic) bond motifs is 2. The molecular formula is C17H18N4O2S. The lowest BCUT2D eigenvalue weighted by molar-refractivity contribution is -0.0881. The largest absolute Gasteiger partial charge is 0.439 e. The standard InChI is InChI=1S/C17H18N4O2S/c22-16-21(11-17(23-16)10-20-7-3-13(17)4-8-20)14-9-19-15(24-14)12-1-5-18-6-2-12/h1-2,5-6,9,13H,3-4,7-8,10-11H2/t17-/m1/s1. The predicted octanol–water partition coefficient (Wildman–Crippen LogP) is 2.63. The van der Waals surface area contributed by atoms with Crippen molar-refractivity contribution in [2.75, 3.05) is 31.1 Å². The number of pyridine rings is 1. The van der Waals surface area contributed by atoms with E-state index in [0.717, 1.165) is 48.0 Å². The molecule has 0 unspecified atom stereocenters. The minimum atomic E-state index is -0.325. The van der Waals surface area contributed by atoms with E-state index in [4.69, 9.17) is 4.74 Å². The first-order chi connectivity index (χ1) is 11.7. The molecule has 4 aliphatic rings. The fourth-order valence-electron chi connectivity index (χ4n) is 4.20. The van der Waals surface area contributed by atoms with Gasteiger partial charge in [-0.1, -0.05) is 11.3 Å². The molecule has 1 spiro atoms. The highest BCUT2D eigenvalue weighted by atomic mass is 32.1. The number of nitrogens with zero attached hydrogens (tertiary/aromatic N) is 4. The molecule has 1 atom stereocenters. The summed E-state index contributed by atoms with van der Waals surface area (Å²) in [6, 6.07) is 3.86. The number of hydrogen-bond donors (Lipinski definition) is 0. The topological polar surface area (TPSA) is 58.6 Å². The summed E-state index contributed by atoms with van der Waals surface area (Å²) in [7, 11) is 0. The van der Waals surface area contributed by atoms with Crippen molar-refractivity contribution in [2.45, 2.75) is 18.4 Å². The predicted molar refractivity (Wildman–Crippen MR) is 91.1 cm³/mol. The molecule has 6 heterocycles. The third-order valence-electron chi connectivity index (χ3n) is 5.45. The van der Waals surface area contributed by atoms with E-state index in [2.05, 4.69) is 14.9 Å². The summed E-state index contributed by atoms with van der Waals surface area (Å²) in [6.45, 7) is 3.79. The van der Waals surface area contributed by atoms with Gasteiger partial charge in [-0.25, -0.2) is 9.78 Å². The molecular weight excluding hydrogens is 324 g/mol. The Hall–Kier alpha value is -1.99. The highest BCUT2D eigenvalue weighted by molar-refractivity contribution is 7.19. The van der Waals surface area contributed by atoms with Crippen molar-refractivity contribution in [1.82, 2.24) is 14.9 Å². The van der Waals surface area contributed by atoms with Crippen molar-refractivity contribution < 1.29 is 9.53 Å². The second-order valence-corrected chi connectivity index (χ2v) is 7.82. The summed E-state index contributed by atoms with van der Waals surface area (Å²) < 4.78 is 5.92. The fourth-order valence-corrected chi connectivity index (χ4v) is 5.11. The Morgan fingerprint density at radius 1 is 1.21 bits per heavy atom. The Labute approximate surface area is 144 Å². The van der Waals surface area contributed by atoms with Gasteiger partial charge in [0, 0.05) is 30.4 Å². The van der Waals surface area contributed by atoms with Crippen LogP contribution in [0.4, 0.5) is 9.80 Å². The highest BCUT2D eigenvalue weighted by Gasteiger charge is 2.55. The molecule has 7 heteroatoms. The molecule has 1 amide bonds. The Morgan fingerprint density at radius 3 is 2.71 bits per heavy atom. The fraction of sp³-hybridized carbons (Fsp3) is 0.471. The summed E-state index contributed by atoms with van der Waals surface area (Å²) >= 11 is 1.53. The summed E-state index contributed by atoms with van der Waals surface area (Å²) in [4.78, 5) is 25.2. The van der Waals surface area contributed by atoms with Crippen LogP contribution in [-0.2, 0) is 4.74 Å². The third kappa shape index (κ3) is 2.15. The average Bonchev–Trinajstić information content (AvgIpc) is 3.22.